The molecule has 2 N–H and O–H groups in total. The van der Waals surface area contributed by atoms with Gasteiger partial charge >= 0.3 is 0 Å². The number of carbonyl (C=O) groups is 2. The second-order valence-corrected chi connectivity index (χ2v) is 5.21. The molecule has 22 heavy (non-hydrogen) atoms. The largest absolute Gasteiger partial charge is 0.326 e. The van der Waals surface area contributed by atoms with Gasteiger partial charge in [0, 0.05) is 12.1 Å². The minimum Gasteiger partial charge on any atom is -0.326 e. The van der Waals surface area contributed by atoms with Gasteiger partial charge in [0.1, 0.15) is 6.33 Å². The highest BCUT2D eigenvalue weighted by Gasteiger charge is 2.29. The van der Waals surface area contributed by atoms with Crippen molar-refractivity contribution in [2.75, 3.05) is 10.6 Å². The molecule has 1 aromatic heterocycles. The van der Waals surface area contributed by atoms with Crippen molar-refractivity contribution in [3.05, 3.63) is 36.2 Å². The normalized spacial score (nSPS) is 16.8. The Kier molecular flexibility index (Phi) is 3.86. The summed E-state index contributed by atoms with van der Waals surface area (Å²) in [4.78, 5) is 28.1. The number of benzene rings is 1. The van der Waals surface area contributed by atoms with Gasteiger partial charge in [0.05, 0.1) is 12.5 Å². The Bertz CT molecular complexity index is 709. The summed E-state index contributed by atoms with van der Waals surface area (Å²) in [6.07, 6.45) is 2.33. The van der Waals surface area contributed by atoms with Gasteiger partial charge in [-0.2, -0.15) is 10.1 Å². The van der Waals surface area contributed by atoms with E-state index in [9.17, 15) is 9.59 Å². The summed E-state index contributed by atoms with van der Waals surface area (Å²) < 4.78 is 1.60. The second-order valence-electron chi connectivity index (χ2n) is 5.21. The van der Waals surface area contributed by atoms with Gasteiger partial charge in [0.2, 0.25) is 17.8 Å². The van der Waals surface area contributed by atoms with Gasteiger partial charge in [-0.3, -0.25) is 14.9 Å². The van der Waals surface area contributed by atoms with Crippen molar-refractivity contribution in [2.45, 2.75) is 26.3 Å². The summed E-state index contributed by atoms with van der Waals surface area (Å²) in [5, 5.41) is 9.55. The lowest BCUT2D eigenvalue weighted by Crippen LogP contribution is -2.36. The van der Waals surface area contributed by atoms with Crippen LogP contribution in [-0.2, 0) is 22.6 Å². The first kappa shape index (κ1) is 14.2. The van der Waals surface area contributed by atoms with Crippen LogP contribution in [0.3, 0.4) is 0 Å². The van der Waals surface area contributed by atoms with Crippen LogP contribution >= 0.6 is 0 Å². The first-order valence-corrected chi connectivity index (χ1v) is 7.23. The van der Waals surface area contributed by atoms with Crippen LogP contribution in [0, 0.1) is 5.92 Å². The summed E-state index contributed by atoms with van der Waals surface area (Å²) in [6, 6.07) is 7.66. The molecule has 2 aromatic rings. The summed E-state index contributed by atoms with van der Waals surface area (Å²) >= 11 is 0. The van der Waals surface area contributed by atoms with Crippen LogP contribution in [0.1, 0.15) is 18.9 Å². The van der Waals surface area contributed by atoms with E-state index in [2.05, 4.69) is 20.7 Å². The number of rotatable bonds is 4. The predicted octanol–water partition coefficient (Wildman–Crippen LogP) is 1.44. The van der Waals surface area contributed by atoms with Crippen molar-refractivity contribution in [1.82, 2.24) is 14.8 Å². The molecule has 1 atom stereocenters. The number of aromatic nitrogens is 3. The molecule has 0 spiro atoms. The number of aryl methyl sites for hydroxylation is 1. The average Bonchev–Trinajstić information content (AvgIpc) is 2.95. The van der Waals surface area contributed by atoms with E-state index in [1.807, 2.05) is 31.2 Å². The highest BCUT2D eigenvalue weighted by Crippen LogP contribution is 2.20. The third-order valence-electron chi connectivity index (χ3n) is 3.72. The number of anilines is 2. The Morgan fingerprint density at radius 1 is 1.45 bits per heavy atom. The molecule has 2 amide bonds. The topological polar surface area (TPSA) is 88.9 Å². The molecule has 7 heteroatoms. The van der Waals surface area contributed by atoms with Crippen LogP contribution in [0.2, 0.25) is 0 Å². The molecule has 1 aliphatic rings. The minimum atomic E-state index is -0.442. The minimum absolute atomic E-state index is 0.114. The van der Waals surface area contributed by atoms with E-state index >= 15 is 0 Å². The highest BCUT2D eigenvalue weighted by atomic mass is 16.2. The summed E-state index contributed by atoms with van der Waals surface area (Å²) in [5.74, 6) is -0.384. The smallest absolute Gasteiger partial charge is 0.232 e. The Labute approximate surface area is 127 Å². The van der Waals surface area contributed by atoms with E-state index in [1.165, 1.54) is 6.33 Å². The number of hydrogen-bond acceptors (Lipinski definition) is 4. The van der Waals surface area contributed by atoms with Gasteiger partial charge < -0.3 is 5.32 Å². The summed E-state index contributed by atoms with van der Waals surface area (Å²) in [6.45, 7) is 2.40. The molecule has 0 radical (unpaired) electrons. The number of para-hydroxylation sites is 1. The van der Waals surface area contributed by atoms with E-state index < -0.39 is 5.92 Å². The van der Waals surface area contributed by atoms with E-state index in [0.717, 1.165) is 17.7 Å². The van der Waals surface area contributed by atoms with Gasteiger partial charge in [-0.05, 0) is 18.1 Å². The number of nitrogens with zero attached hydrogens (tertiary/aromatic N) is 3. The van der Waals surface area contributed by atoms with Crippen LogP contribution in [0.25, 0.3) is 0 Å². The molecule has 1 aromatic carbocycles. The molecule has 0 saturated carbocycles. The van der Waals surface area contributed by atoms with Gasteiger partial charge in [-0.1, -0.05) is 25.1 Å². The molecule has 0 fully saturated rings. The van der Waals surface area contributed by atoms with Gasteiger partial charge in [-0.15, -0.1) is 0 Å². The molecular formula is C15H17N5O2. The summed E-state index contributed by atoms with van der Waals surface area (Å²) in [5.41, 5.74) is 1.87. The molecule has 2 heterocycles. The van der Waals surface area contributed by atoms with Crippen molar-refractivity contribution in [3.8, 4) is 0 Å². The molecule has 3 rings (SSSR count). The molecule has 0 unspecified atom stereocenters. The van der Waals surface area contributed by atoms with Crippen LogP contribution in [0.5, 0.6) is 0 Å². The van der Waals surface area contributed by atoms with Gasteiger partial charge in [-0.25, -0.2) is 4.68 Å². The lowest BCUT2D eigenvalue weighted by atomic mass is 10.0. The molecule has 0 bridgehead atoms. The zero-order valence-electron chi connectivity index (χ0n) is 12.2. The van der Waals surface area contributed by atoms with E-state index in [1.54, 1.807) is 4.68 Å². The zero-order valence-corrected chi connectivity index (χ0v) is 12.2. The molecule has 114 valence electrons. The fraction of sp³-hybridized carbons (Fsp3) is 0.333. The van der Waals surface area contributed by atoms with Gasteiger partial charge in [0.15, 0.2) is 0 Å². The third-order valence-corrected chi connectivity index (χ3v) is 3.72. The van der Waals surface area contributed by atoms with Crippen LogP contribution < -0.4 is 10.6 Å². The lowest BCUT2D eigenvalue weighted by molar-refractivity contribution is -0.125. The van der Waals surface area contributed by atoms with E-state index in [-0.39, 0.29) is 18.2 Å². The van der Waals surface area contributed by atoms with E-state index in [4.69, 9.17) is 0 Å². The fourth-order valence-electron chi connectivity index (χ4n) is 2.53. The van der Waals surface area contributed by atoms with E-state index in [0.29, 0.717) is 12.5 Å². The zero-order chi connectivity index (χ0) is 15.5. The highest BCUT2D eigenvalue weighted by molar-refractivity contribution is 5.98. The van der Waals surface area contributed by atoms with Gasteiger partial charge in [0.25, 0.3) is 0 Å². The number of carbonyl (C=O) groups excluding carboxylic acids is 2. The monoisotopic (exact) mass is 299 g/mol. The lowest BCUT2D eigenvalue weighted by Gasteiger charge is -2.22. The Hall–Kier alpha value is -2.70. The second kappa shape index (κ2) is 5.97. The van der Waals surface area contributed by atoms with Crippen molar-refractivity contribution in [3.63, 3.8) is 0 Å². The average molecular weight is 299 g/mol. The van der Waals surface area contributed by atoms with Crippen molar-refractivity contribution >= 4 is 23.5 Å². The van der Waals surface area contributed by atoms with Crippen LogP contribution in [0.15, 0.2) is 30.6 Å². The molecule has 1 aliphatic heterocycles. The number of hydrogen-bond donors (Lipinski definition) is 2. The quantitative estimate of drug-likeness (QED) is 0.894. The number of amides is 2. The van der Waals surface area contributed by atoms with Crippen molar-refractivity contribution in [2.24, 2.45) is 5.92 Å². The Morgan fingerprint density at radius 2 is 2.27 bits per heavy atom. The molecule has 7 nitrogen and oxygen atoms in total. The SMILES string of the molecule is CCc1ccccc1NC(=O)C[C@@H]1Cn2ncnc2NC1=O. The maximum atomic E-state index is 12.2. The molecule has 0 aliphatic carbocycles. The van der Waals surface area contributed by atoms with Crippen LogP contribution in [0.4, 0.5) is 11.6 Å². The fourth-order valence-corrected chi connectivity index (χ4v) is 2.53. The van der Waals surface area contributed by atoms with Crippen molar-refractivity contribution < 1.29 is 9.59 Å². The Balaban J connectivity index is 1.66. The maximum absolute atomic E-state index is 12.2. The number of fused-ring (bicyclic) bond motifs is 1. The molecular weight excluding hydrogens is 282 g/mol. The third kappa shape index (κ3) is 2.83. The molecule has 0 saturated heterocycles. The standard InChI is InChI=1S/C15H17N5O2/c1-2-10-5-3-4-6-12(10)18-13(21)7-11-8-20-15(16-9-17-20)19-14(11)22/h3-6,9,11H,2,7-8H2,1H3,(H,18,21)(H,16,17,19,22)/t11-/m1/s1. The number of nitrogens with one attached hydrogen (secondary N) is 2. The van der Waals surface area contributed by atoms with Crippen molar-refractivity contribution in [1.29, 1.82) is 0 Å². The predicted molar refractivity (Wildman–Crippen MR) is 81.2 cm³/mol. The summed E-state index contributed by atoms with van der Waals surface area (Å²) in [7, 11) is 0. The maximum Gasteiger partial charge on any atom is 0.232 e. The first-order valence-electron chi connectivity index (χ1n) is 7.23. The first-order chi connectivity index (χ1) is 10.7. The van der Waals surface area contributed by atoms with Crippen LogP contribution in [-0.4, -0.2) is 26.6 Å². The Morgan fingerprint density at radius 3 is 3.09 bits per heavy atom.